The molecule has 6 rings (SSSR count). The molecule has 6 aromatic rings. The van der Waals surface area contributed by atoms with Crippen LogP contribution in [0.5, 0.6) is 0 Å². The first-order valence-electron chi connectivity index (χ1n) is 15.9. The number of anilines is 2. The smallest absolute Gasteiger partial charge is 0.876 e. The fourth-order valence-corrected chi connectivity index (χ4v) is 6.49. The van der Waals surface area contributed by atoms with Gasteiger partial charge < -0.3 is 19.0 Å². The van der Waals surface area contributed by atoms with Crippen LogP contribution in [0.3, 0.4) is 0 Å². The minimum absolute atomic E-state index is 0. The van der Waals surface area contributed by atoms with Crippen molar-refractivity contribution < 1.29 is 62.3 Å². The third-order valence-corrected chi connectivity index (χ3v) is 9.45. The van der Waals surface area contributed by atoms with Gasteiger partial charge in [-0.1, -0.05) is 61.4 Å². The molecule has 0 atom stereocenters. The van der Waals surface area contributed by atoms with E-state index in [1.807, 2.05) is 13.8 Å². The van der Waals surface area contributed by atoms with Crippen LogP contribution in [-0.2, 0) is 46.4 Å². The molecular formula is C38H38CoN4O10S2. The average molecular weight is 834 g/mol. The van der Waals surface area contributed by atoms with Gasteiger partial charge in [0.25, 0.3) is 20.0 Å². The Labute approximate surface area is 329 Å². The Bertz CT molecular complexity index is 2310. The van der Waals surface area contributed by atoms with Gasteiger partial charge in [-0.2, -0.15) is 0 Å². The van der Waals surface area contributed by atoms with Crippen LogP contribution in [0.15, 0.2) is 140 Å². The summed E-state index contributed by atoms with van der Waals surface area (Å²) in [6, 6.07) is 23.5. The fourth-order valence-electron chi connectivity index (χ4n) is 4.35. The molecule has 2 aromatic heterocycles. The number of oxazole rings is 2. The van der Waals surface area contributed by atoms with Gasteiger partial charge in [-0.25, -0.2) is 26.8 Å². The molecule has 0 aliphatic rings. The maximum atomic E-state index is 12.3. The number of aromatic nitrogens is 2. The topological polar surface area (TPSA) is 225 Å². The Morgan fingerprint density at radius 3 is 1.18 bits per heavy atom. The number of sulfonamides is 2. The van der Waals surface area contributed by atoms with Gasteiger partial charge in [0.15, 0.2) is 35.5 Å². The van der Waals surface area contributed by atoms with E-state index in [1.54, 1.807) is 84.9 Å². The van der Waals surface area contributed by atoms with E-state index < -0.39 is 20.0 Å². The molecule has 0 saturated carbocycles. The van der Waals surface area contributed by atoms with E-state index in [0.29, 0.717) is 33.6 Å². The zero-order valence-electron chi connectivity index (χ0n) is 30.5. The van der Waals surface area contributed by atoms with Crippen molar-refractivity contribution in [2.24, 2.45) is 0 Å². The third-order valence-electron chi connectivity index (χ3n) is 6.69. The van der Waals surface area contributed by atoms with Crippen molar-refractivity contribution in [3.05, 3.63) is 133 Å². The van der Waals surface area contributed by atoms with Crippen LogP contribution in [0, 0.1) is 13.8 Å². The molecule has 0 saturated heterocycles. The number of carbonyl (C=O) groups is 2. The minimum atomic E-state index is -3.63. The predicted octanol–water partition coefficient (Wildman–Crippen LogP) is 5.55. The molecule has 14 nitrogen and oxygen atoms in total. The first-order chi connectivity index (χ1) is 25.4. The number of para-hydroxylation sites is 2. The van der Waals surface area contributed by atoms with Crippen LogP contribution in [0.25, 0.3) is 22.2 Å². The summed E-state index contributed by atoms with van der Waals surface area (Å²) in [6.45, 7) is 9.20. The van der Waals surface area contributed by atoms with Gasteiger partial charge in [0.1, 0.15) is 11.0 Å². The molecule has 2 heterocycles. The van der Waals surface area contributed by atoms with E-state index in [-0.39, 0.29) is 49.7 Å². The first kappa shape index (κ1) is 45.4. The van der Waals surface area contributed by atoms with Gasteiger partial charge >= 0.3 is 16.8 Å². The van der Waals surface area contributed by atoms with Crippen LogP contribution in [0.2, 0.25) is 0 Å². The van der Waals surface area contributed by atoms with Crippen molar-refractivity contribution in [2.75, 3.05) is 9.44 Å². The van der Waals surface area contributed by atoms with Gasteiger partial charge in [0.2, 0.25) is 0 Å². The van der Waals surface area contributed by atoms with Crippen molar-refractivity contribution in [2.45, 2.75) is 51.3 Å². The van der Waals surface area contributed by atoms with Crippen molar-refractivity contribution >= 4 is 65.2 Å². The zero-order valence-corrected chi connectivity index (χ0v) is 33.2. The molecule has 0 spiro atoms. The number of nitrogens with one attached hydrogen (secondary N) is 2. The van der Waals surface area contributed by atoms with E-state index in [4.69, 9.17) is 8.83 Å². The summed E-state index contributed by atoms with van der Waals surface area (Å²) in [5, 5.41) is 20.0. The molecule has 0 unspecified atom stereocenters. The predicted molar refractivity (Wildman–Crippen MR) is 201 cm³/mol. The van der Waals surface area contributed by atoms with Gasteiger partial charge in [-0.05, 0) is 88.4 Å². The number of rotatable bonds is 8. The SMILES string of the molecule is CC(=O)/C=C(/C)[O-].CC(=O)/C=C(/C)[O-].Cc1ccc(S(=O)(=O)Nc2cccc3ocnc23)cc1.Cc1ccc(S(=O)(=O)Nc2cccc3ocnc23)cc1.[Co+2]. The van der Waals surface area contributed by atoms with Gasteiger partial charge in [0.05, 0.1) is 21.2 Å². The number of hydrogen-bond donors (Lipinski definition) is 2. The Kier molecular flexibility index (Phi) is 17.0. The summed E-state index contributed by atoms with van der Waals surface area (Å²) in [5.41, 5.74) is 4.85. The second-order valence-corrected chi connectivity index (χ2v) is 14.9. The fraction of sp³-hybridized carbons (Fsp3) is 0.158. The molecule has 0 aliphatic heterocycles. The van der Waals surface area contributed by atoms with E-state index in [1.165, 1.54) is 40.5 Å². The Balaban J connectivity index is 0.000000281. The van der Waals surface area contributed by atoms with Crippen molar-refractivity contribution in [1.29, 1.82) is 0 Å². The van der Waals surface area contributed by atoms with E-state index in [0.717, 1.165) is 23.3 Å². The normalized spacial score (nSPS) is 11.4. The van der Waals surface area contributed by atoms with Gasteiger partial charge in [-0.15, -0.1) is 11.5 Å². The quantitative estimate of drug-likeness (QED) is 0.142. The van der Waals surface area contributed by atoms with E-state index >= 15 is 0 Å². The molecule has 1 radical (unpaired) electrons. The number of nitrogens with zero attached hydrogens (tertiary/aromatic N) is 2. The van der Waals surface area contributed by atoms with E-state index in [9.17, 15) is 36.6 Å². The summed E-state index contributed by atoms with van der Waals surface area (Å²) in [5.74, 6) is -0.750. The number of allylic oxidation sites excluding steroid dienone is 4. The van der Waals surface area contributed by atoms with Crippen LogP contribution >= 0.6 is 0 Å². The Morgan fingerprint density at radius 1 is 0.582 bits per heavy atom. The van der Waals surface area contributed by atoms with Gasteiger partial charge in [-0.3, -0.25) is 19.0 Å². The molecule has 0 fully saturated rings. The summed E-state index contributed by atoms with van der Waals surface area (Å²) in [6.07, 6.45) is 4.68. The van der Waals surface area contributed by atoms with Crippen LogP contribution in [0.1, 0.15) is 38.8 Å². The van der Waals surface area contributed by atoms with Crippen molar-refractivity contribution in [1.82, 2.24) is 9.97 Å². The molecule has 0 aliphatic carbocycles. The molecule has 17 heteroatoms. The maximum absolute atomic E-state index is 12.3. The monoisotopic (exact) mass is 833 g/mol. The second-order valence-electron chi connectivity index (χ2n) is 11.6. The van der Waals surface area contributed by atoms with Crippen molar-refractivity contribution in [3.8, 4) is 0 Å². The Morgan fingerprint density at radius 2 is 0.909 bits per heavy atom. The van der Waals surface area contributed by atoms with Crippen molar-refractivity contribution in [3.63, 3.8) is 0 Å². The van der Waals surface area contributed by atoms with Crippen LogP contribution in [0.4, 0.5) is 11.4 Å². The number of hydrogen-bond acceptors (Lipinski definition) is 12. The van der Waals surface area contributed by atoms with Gasteiger partial charge in [0, 0.05) is 0 Å². The molecule has 2 N–H and O–H groups in total. The summed E-state index contributed by atoms with van der Waals surface area (Å²) in [7, 11) is -7.26. The molecule has 291 valence electrons. The number of fused-ring (bicyclic) bond motifs is 2. The van der Waals surface area contributed by atoms with Crippen LogP contribution in [-0.4, -0.2) is 38.4 Å². The standard InChI is InChI=1S/2C14H12N2O3S.2C5H8O2.Co/c2*1-10-5-7-11(8-6-10)20(17,18)16-12-3-2-4-13-14(12)15-9-19-13;2*1-4(6)3-5(2)7;/h2*2-9,16H,1H3;2*3,6H,1-2H3;/q;;;;+2/p-2/b;;2*4-3-;. The summed E-state index contributed by atoms with van der Waals surface area (Å²) in [4.78, 5) is 28.4. The van der Waals surface area contributed by atoms with E-state index in [2.05, 4.69) is 19.4 Å². The molecule has 0 amide bonds. The minimum Gasteiger partial charge on any atom is -0.876 e. The molecule has 4 aromatic carbocycles. The largest absolute Gasteiger partial charge is 2.00 e. The summed E-state index contributed by atoms with van der Waals surface area (Å²) >= 11 is 0. The number of benzene rings is 4. The summed E-state index contributed by atoms with van der Waals surface area (Å²) < 4.78 is 64.6. The number of aryl methyl sites for hydroxylation is 2. The molecule has 55 heavy (non-hydrogen) atoms. The first-order valence-corrected chi connectivity index (χ1v) is 18.9. The number of ketones is 2. The third kappa shape index (κ3) is 14.5. The second kappa shape index (κ2) is 20.6. The number of carbonyl (C=O) groups excluding carboxylic acids is 2. The average Bonchev–Trinajstić information content (AvgIpc) is 3.76. The molecule has 0 bridgehead atoms. The maximum Gasteiger partial charge on any atom is 2.00 e. The zero-order chi connectivity index (χ0) is 40.1. The Hall–Kier alpha value is -5.75. The van der Waals surface area contributed by atoms with Crippen LogP contribution < -0.4 is 19.7 Å². The molecular weight excluding hydrogens is 796 g/mol.